The summed E-state index contributed by atoms with van der Waals surface area (Å²) in [6.45, 7) is 3.53. The number of rotatable bonds is 12. The maximum atomic E-state index is 12.6. The van der Waals surface area contributed by atoms with E-state index in [0.717, 1.165) is 11.1 Å². The summed E-state index contributed by atoms with van der Waals surface area (Å²) < 4.78 is 22.0. The zero-order valence-electron chi connectivity index (χ0n) is 24.4. The van der Waals surface area contributed by atoms with Crippen LogP contribution in [0.3, 0.4) is 0 Å². The molecule has 1 heterocycles. The summed E-state index contributed by atoms with van der Waals surface area (Å²) >= 11 is 0. The molecule has 0 fully saturated rings. The van der Waals surface area contributed by atoms with Crippen molar-refractivity contribution in [3.8, 4) is 23.3 Å². The molecule has 1 aliphatic rings. The van der Waals surface area contributed by atoms with Crippen LogP contribution in [0, 0.1) is 11.3 Å². The SMILES string of the molecule is CCOC(=O)C1=C(C)NC(=O)N[C@H]1c1ccc(OCC(=O)N/N=C/c2ccc(OCc3ccc(C#N)cc3)cc2)c(OC)c1. The molecule has 0 aliphatic carbocycles. The topological polar surface area (TPSA) is 160 Å². The molecule has 0 aromatic heterocycles. The van der Waals surface area contributed by atoms with Gasteiger partial charge in [0.1, 0.15) is 12.4 Å². The normalized spacial score (nSPS) is 14.2. The molecule has 0 saturated heterocycles. The standard InChI is InChI=1S/C32H31N5O7/c1-4-42-31(39)29-20(2)35-32(40)36-30(29)24-11-14-26(27(15-24)41-3)44-19-28(38)37-34-17-22-9-12-25(13-10-22)43-18-23-7-5-21(16-33)6-8-23/h5-15,17,30H,4,18-19H2,1-3H3,(H,37,38)(H2,35,36,40)/b34-17+/t30-/m0/s1. The summed E-state index contributed by atoms with van der Waals surface area (Å²) in [6, 6.07) is 20.0. The first-order chi connectivity index (χ1) is 21.3. The second-order valence-electron chi connectivity index (χ2n) is 9.45. The molecule has 0 saturated carbocycles. The number of hydrogen-bond donors (Lipinski definition) is 3. The van der Waals surface area contributed by atoms with Crippen molar-refractivity contribution in [2.45, 2.75) is 26.5 Å². The molecule has 0 bridgehead atoms. The van der Waals surface area contributed by atoms with Gasteiger partial charge >= 0.3 is 12.0 Å². The fraction of sp³-hybridized carbons (Fsp3) is 0.219. The number of esters is 1. The van der Waals surface area contributed by atoms with Crippen LogP contribution in [0.25, 0.3) is 0 Å². The molecule has 3 N–H and O–H groups in total. The molecular formula is C32H31N5O7. The van der Waals surface area contributed by atoms with Crippen LogP contribution in [0.2, 0.25) is 0 Å². The van der Waals surface area contributed by atoms with E-state index in [1.54, 1.807) is 68.4 Å². The molecule has 1 aliphatic heterocycles. The minimum absolute atomic E-state index is 0.182. The molecule has 0 radical (unpaired) electrons. The molecular weight excluding hydrogens is 566 g/mol. The molecule has 0 spiro atoms. The number of amides is 3. The Balaban J connectivity index is 1.30. The monoisotopic (exact) mass is 597 g/mol. The highest BCUT2D eigenvalue weighted by atomic mass is 16.5. The van der Waals surface area contributed by atoms with Gasteiger partial charge in [-0.2, -0.15) is 10.4 Å². The van der Waals surface area contributed by atoms with Gasteiger partial charge in [0.15, 0.2) is 18.1 Å². The number of hydrazone groups is 1. The summed E-state index contributed by atoms with van der Waals surface area (Å²) in [5, 5.41) is 18.2. The van der Waals surface area contributed by atoms with Crippen LogP contribution in [0.4, 0.5) is 4.79 Å². The Morgan fingerprint density at radius 1 is 1.05 bits per heavy atom. The van der Waals surface area contributed by atoms with E-state index in [0.29, 0.717) is 34.9 Å². The number of methoxy groups -OCH3 is 1. The van der Waals surface area contributed by atoms with Gasteiger partial charge < -0.3 is 29.6 Å². The third-order valence-corrected chi connectivity index (χ3v) is 6.42. The van der Waals surface area contributed by atoms with Crippen molar-refractivity contribution in [1.82, 2.24) is 16.1 Å². The summed E-state index contributed by atoms with van der Waals surface area (Å²) in [6.07, 6.45) is 1.49. The van der Waals surface area contributed by atoms with Gasteiger partial charge in [-0.3, -0.25) is 4.79 Å². The van der Waals surface area contributed by atoms with Crippen molar-refractivity contribution in [2.75, 3.05) is 20.3 Å². The summed E-state index contributed by atoms with van der Waals surface area (Å²) in [5.74, 6) is 0.195. The molecule has 0 unspecified atom stereocenters. The Bertz CT molecular complexity index is 1610. The van der Waals surface area contributed by atoms with E-state index in [1.165, 1.54) is 13.3 Å². The van der Waals surface area contributed by atoms with Gasteiger partial charge in [0.25, 0.3) is 5.91 Å². The van der Waals surface area contributed by atoms with Gasteiger partial charge in [0.05, 0.1) is 43.2 Å². The molecule has 3 aromatic rings. The Hall–Kier alpha value is -5.83. The van der Waals surface area contributed by atoms with Gasteiger partial charge in [-0.1, -0.05) is 18.2 Å². The van der Waals surface area contributed by atoms with E-state index in [2.05, 4.69) is 27.2 Å². The number of hydrogen-bond acceptors (Lipinski definition) is 9. The average molecular weight is 598 g/mol. The highest BCUT2D eigenvalue weighted by Crippen LogP contribution is 2.34. The molecule has 44 heavy (non-hydrogen) atoms. The lowest BCUT2D eigenvalue weighted by molar-refractivity contribution is -0.139. The number of allylic oxidation sites excluding steroid dienone is 1. The highest BCUT2D eigenvalue weighted by Gasteiger charge is 2.32. The Labute approximate surface area is 254 Å². The van der Waals surface area contributed by atoms with E-state index in [4.69, 9.17) is 24.2 Å². The highest BCUT2D eigenvalue weighted by molar-refractivity contribution is 5.95. The zero-order valence-corrected chi connectivity index (χ0v) is 24.4. The largest absolute Gasteiger partial charge is 0.493 e. The van der Waals surface area contributed by atoms with Crippen LogP contribution >= 0.6 is 0 Å². The van der Waals surface area contributed by atoms with Crippen molar-refractivity contribution in [2.24, 2.45) is 5.10 Å². The zero-order chi connectivity index (χ0) is 31.5. The average Bonchev–Trinajstić information content (AvgIpc) is 3.03. The molecule has 226 valence electrons. The quantitative estimate of drug-likeness (QED) is 0.161. The van der Waals surface area contributed by atoms with Crippen molar-refractivity contribution >= 4 is 24.1 Å². The molecule has 4 rings (SSSR count). The number of urea groups is 1. The van der Waals surface area contributed by atoms with Crippen LogP contribution in [-0.2, 0) is 20.9 Å². The van der Waals surface area contributed by atoms with Gasteiger partial charge in [-0.15, -0.1) is 0 Å². The van der Waals surface area contributed by atoms with Gasteiger partial charge in [0, 0.05) is 5.70 Å². The van der Waals surface area contributed by atoms with Crippen molar-refractivity contribution < 1.29 is 33.3 Å². The first kappa shape index (κ1) is 31.1. The van der Waals surface area contributed by atoms with Crippen molar-refractivity contribution in [3.63, 3.8) is 0 Å². The van der Waals surface area contributed by atoms with Crippen molar-refractivity contribution in [3.05, 3.63) is 100 Å². The van der Waals surface area contributed by atoms with Crippen LogP contribution in [-0.4, -0.2) is 44.4 Å². The van der Waals surface area contributed by atoms with Gasteiger partial charge in [0.2, 0.25) is 0 Å². The fourth-order valence-corrected chi connectivity index (χ4v) is 4.25. The summed E-state index contributed by atoms with van der Waals surface area (Å²) in [5.41, 5.74) is 5.90. The smallest absolute Gasteiger partial charge is 0.338 e. The molecule has 12 nitrogen and oxygen atoms in total. The summed E-state index contributed by atoms with van der Waals surface area (Å²) in [7, 11) is 1.44. The third-order valence-electron chi connectivity index (χ3n) is 6.42. The first-order valence-corrected chi connectivity index (χ1v) is 13.6. The molecule has 3 aromatic carbocycles. The Kier molecular flexibility index (Phi) is 10.5. The van der Waals surface area contributed by atoms with E-state index < -0.39 is 23.9 Å². The Morgan fingerprint density at radius 2 is 1.80 bits per heavy atom. The first-order valence-electron chi connectivity index (χ1n) is 13.6. The molecule has 3 amide bonds. The maximum absolute atomic E-state index is 12.6. The number of ether oxygens (including phenoxy) is 4. The number of carbonyl (C=O) groups is 3. The van der Waals surface area contributed by atoms with E-state index in [9.17, 15) is 14.4 Å². The molecule has 12 heteroatoms. The minimum Gasteiger partial charge on any atom is -0.493 e. The lowest BCUT2D eigenvalue weighted by Gasteiger charge is -2.28. The second kappa shape index (κ2) is 14.9. The number of benzene rings is 3. The van der Waals surface area contributed by atoms with E-state index in [-0.39, 0.29) is 24.5 Å². The molecule has 1 atom stereocenters. The van der Waals surface area contributed by atoms with E-state index in [1.807, 2.05) is 12.1 Å². The second-order valence-corrected chi connectivity index (χ2v) is 9.45. The summed E-state index contributed by atoms with van der Waals surface area (Å²) in [4.78, 5) is 37.1. The number of nitrogens with zero attached hydrogens (tertiary/aromatic N) is 2. The predicted molar refractivity (Wildman–Crippen MR) is 160 cm³/mol. The van der Waals surface area contributed by atoms with Crippen LogP contribution < -0.4 is 30.3 Å². The number of nitriles is 1. The third kappa shape index (κ3) is 8.13. The lowest BCUT2D eigenvalue weighted by atomic mass is 9.95. The minimum atomic E-state index is -0.772. The lowest BCUT2D eigenvalue weighted by Crippen LogP contribution is -2.45. The Morgan fingerprint density at radius 3 is 2.48 bits per heavy atom. The predicted octanol–water partition coefficient (Wildman–Crippen LogP) is 3.87. The van der Waals surface area contributed by atoms with Crippen LogP contribution in [0.1, 0.15) is 42.1 Å². The maximum Gasteiger partial charge on any atom is 0.338 e. The van der Waals surface area contributed by atoms with Crippen molar-refractivity contribution in [1.29, 1.82) is 5.26 Å². The van der Waals surface area contributed by atoms with Crippen LogP contribution in [0.15, 0.2) is 83.1 Å². The number of nitrogens with one attached hydrogen (secondary N) is 3. The number of carbonyl (C=O) groups excluding carboxylic acids is 3. The van der Waals surface area contributed by atoms with Gasteiger partial charge in [-0.05, 0) is 79.1 Å². The van der Waals surface area contributed by atoms with Gasteiger partial charge in [-0.25, -0.2) is 15.0 Å². The van der Waals surface area contributed by atoms with E-state index >= 15 is 0 Å². The van der Waals surface area contributed by atoms with Crippen LogP contribution in [0.5, 0.6) is 17.2 Å². The fourth-order valence-electron chi connectivity index (χ4n) is 4.25.